The molecule has 2 N–H and O–H groups in total. The fraction of sp³-hybridized carbons (Fsp3) is 0.176. The van der Waals surface area contributed by atoms with Crippen molar-refractivity contribution >= 4 is 52.3 Å². The Morgan fingerprint density at radius 2 is 1.54 bits per heavy atom. The van der Waals surface area contributed by atoms with Crippen LogP contribution in [0.3, 0.4) is 0 Å². The van der Waals surface area contributed by atoms with Gasteiger partial charge in [0.2, 0.25) is 11.8 Å². The van der Waals surface area contributed by atoms with Gasteiger partial charge in [-0.3, -0.25) is 9.59 Å². The van der Waals surface area contributed by atoms with Gasteiger partial charge >= 0.3 is 0 Å². The number of carbonyl (C=O) groups excluding carboxylic acids is 2. The highest BCUT2D eigenvalue weighted by molar-refractivity contribution is 6.35. The number of hydrogen-bond acceptors (Lipinski definition) is 2. The van der Waals surface area contributed by atoms with E-state index in [0.29, 0.717) is 33.7 Å². The second-order valence-electron chi connectivity index (χ2n) is 5.08. The molecule has 7 heteroatoms. The van der Waals surface area contributed by atoms with Crippen LogP contribution in [-0.4, -0.2) is 18.4 Å². The molecule has 0 spiro atoms. The quantitative estimate of drug-likeness (QED) is 0.727. The van der Waals surface area contributed by atoms with Gasteiger partial charge in [-0.15, -0.1) is 0 Å². The Kier molecular flexibility index (Phi) is 6.91. The average molecular weight is 386 g/mol. The summed E-state index contributed by atoms with van der Waals surface area (Å²) >= 11 is 17.6. The maximum Gasteiger partial charge on any atom is 0.233 e. The second kappa shape index (κ2) is 8.92. The van der Waals surface area contributed by atoms with Gasteiger partial charge in [-0.1, -0.05) is 46.9 Å². The number of anilines is 1. The predicted octanol–water partition coefficient (Wildman–Crippen LogP) is 4.33. The van der Waals surface area contributed by atoms with Crippen molar-refractivity contribution in [2.75, 3.05) is 11.9 Å². The number of benzene rings is 2. The molecule has 0 aliphatic heterocycles. The van der Waals surface area contributed by atoms with Gasteiger partial charge in [-0.2, -0.15) is 0 Å². The van der Waals surface area contributed by atoms with Gasteiger partial charge in [-0.05, 0) is 42.3 Å². The van der Waals surface area contributed by atoms with Crippen LogP contribution in [0.2, 0.25) is 15.1 Å². The van der Waals surface area contributed by atoms with Crippen molar-refractivity contribution < 1.29 is 9.59 Å². The maximum absolute atomic E-state index is 11.9. The Labute approximate surface area is 155 Å². The van der Waals surface area contributed by atoms with Crippen LogP contribution in [0, 0.1) is 0 Å². The van der Waals surface area contributed by atoms with E-state index in [1.54, 1.807) is 24.3 Å². The lowest BCUT2D eigenvalue weighted by atomic mass is 10.1. The molecule has 2 aromatic carbocycles. The minimum absolute atomic E-state index is 0.288. The summed E-state index contributed by atoms with van der Waals surface area (Å²) in [7, 11) is 0. The van der Waals surface area contributed by atoms with Gasteiger partial charge in [0.25, 0.3) is 0 Å². The van der Waals surface area contributed by atoms with Crippen LogP contribution in [0.4, 0.5) is 5.69 Å². The zero-order chi connectivity index (χ0) is 17.5. The number of nitrogens with one attached hydrogen (secondary N) is 2. The molecule has 0 aliphatic rings. The lowest BCUT2D eigenvalue weighted by Gasteiger charge is -2.08. The Morgan fingerprint density at radius 3 is 2.25 bits per heavy atom. The molecule has 0 atom stereocenters. The molecule has 126 valence electrons. The van der Waals surface area contributed by atoms with Gasteiger partial charge in [0.05, 0.1) is 10.7 Å². The normalized spacial score (nSPS) is 10.3. The number of amides is 2. The Balaban J connectivity index is 1.76. The zero-order valence-corrected chi connectivity index (χ0v) is 14.9. The molecule has 0 radical (unpaired) electrons. The summed E-state index contributed by atoms with van der Waals surface area (Å²) in [6, 6.07) is 12.1. The Bertz CT molecular complexity index is 733. The van der Waals surface area contributed by atoms with Crippen molar-refractivity contribution in [1.29, 1.82) is 0 Å². The van der Waals surface area contributed by atoms with E-state index < -0.39 is 5.91 Å². The summed E-state index contributed by atoms with van der Waals surface area (Å²) in [6.07, 6.45) is 0.369. The van der Waals surface area contributed by atoms with Crippen molar-refractivity contribution in [1.82, 2.24) is 5.32 Å². The molecule has 0 saturated carbocycles. The van der Waals surface area contributed by atoms with Gasteiger partial charge in [0.15, 0.2) is 0 Å². The molecular formula is C17H15Cl3N2O2. The molecule has 2 rings (SSSR count). The average Bonchev–Trinajstić information content (AvgIpc) is 2.53. The van der Waals surface area contributed by atoms with E-state index in [0.717, 1.165) is 5.56 Å². The first kappa shape index (κ1) is 18.6. The highest BCUT2D eigenvalue weighted by Gasteiger charge is 2.11. The molecule has 24 heavy (non-hydrogen) atoms. The number of rotatable bonds is 6. The van der Waals surface area contributed by atoms with E-state index in [9.17, 15) is 9.59 Å². The standard InChI is InChI=1S/C17H15Cl3N2O2/c18-12-3-1-11(2-4-12)7-8-21-16(23)10-17(24)22-15-9-13(19)5-6-14(15)20/h1-6,9H,7-8,10H2,(H,21,23)(H,22,24). The third-order valence-corrected chi connectivity index (χ3v) is 3.99. The van der Waals surface area contributed by atoms with Crippen molar-refractivity contribution in [3.8, 4) is 0 Å². The number of halogens is 3. The minimum Gasteiger partial charge on any atom is -0.355 e. The fourth-order valence-corrected chi connectivity index (χ4v) is 2.46. The van der Waals surface area contributed by atoms with Crippen LogP contribution >= 0.6 is 34.8 Å². The van der Waals surface area contributed by atoms with Crippen LogP contribution in [0.25, 0.3) is 0 Å². The van der Waals surface area contributed by atoms with Crippen LogP contribution in [0.15, 0.2) is 42.5 Å². The predicted molar refractivity (Wildman–Crippen MR) is 97.9 cm³/mol. The molecule has 2 amide bonds. The SMILES string of the molecule is O=C(CC(=O)Nc1cc(Cl)ccc1Cl)NCCc1ccc(Cl)cc1. The van der Waals surface area contributed by atoms with Crippen molar-refractivity contribution in [3.05, 3.63) is 63.1 Å². The first-order valence-electron chi connectivity index (χ1n) is 7.20. The van der Waals surface area contributed by atoms with Crippen molar-refractivity contribution in [2.24, 2.45) is 0 Å². The van der Waals surface area contributed by atoms with Gasteiger partial charge in [0, 0.05) is 16.6 Å². The van der Waals surface area contributed by atoms with E-state index in [1.807, 2.05) is 12.1 Å². The van der Waals surface area contributed by atoms with Gasteiger partial charge in [-0.25, -0.2) is 0 Å². The number of hydrogen-bond donors (Lipinski definition) is 2. The van der Waals surface area contributed by atoms with E-state index >= 15 is 0 Å². The molecule has 0 bridgehead atoms. The summed E-state index contributed by atoms with van der Waals surface area (Å²) < 4.78 is 0. The topological polar surface area (TPSA) is 58.2 Å². The van der Waals surface area contributed by atoms with Crippen LogP contribution < -0.4 is 10.6 Å². The van der Waals surface area contributed by atoms with E-state index in [1.165, 1.54) is 6.07 Å². The molecule has 0 heterocycles. The van der Waals surface area contributed by atoms with E-state index in [2.05, 4.69) is 10.6 Å². The summed E-state index contributed by atoms with van der Waals surface area (Å²) in [5.74, 6) is -0.817. The fourth-order valence-electron chi connectivity index (χ4n) is 1.99. The molecule has 0 aliphatic carbocycles. The van der Waals surface area contributed by atoms with Crippen LogP contribution in [-0.2, 0) is 16.0 Å². The first-order chi connectivity index (χ1) is 11.4. The second-order valence-corrected chi connectivity index (χ2v) is 6.36. The highest BCUT2D eigenvalue weighted by Crippen LogP contribution is 2.25. The molecule has 4 nitrogen and oxygen atoms in total. The van der Waals surface area contributed by atoms with Crippen molar-refractivity contribution in [3.63, 3.8) is 0 Å². The lowest BCUT2D eigenvalue weighted by molar-refractivity contribution is -0.126. The summed E-state index contributed by atoms with van der Waals surface area (Å²) in [4.78, 5) is 23.7. The van der Waals surface area contributed by atoms with Crippen molar-refractivity contribution in [2.45, 2.75) is 12.8 Å². The van der Waals surface area contributed by atoms with Gasteiger partial charge < -0.3 is 10.6 Å². The maximum atomic E-state index is 11.9. The summed E-state index contributed by atoms with van der Waals surface area (Å²) in [6.45, 7) is 0.436. The largest absolute Gasteiger partial charge is 0.355 e. The molecule has 2 aromatic rings. The third kappa shape index (κ3) is 6.04. The summed E-state index contributed by atoms with van der Waals surface area (Å²) in [5.41, 5.74) is 1.43. The monoisotopic (exact) mass is 384 g/mol. The highest BCUT2D eigenvalue weighted by atomic mass is 35.5. The van der Waals surface area contributed by atoms with Crippen LogP contribution in [0.1, 0.15) is 12.0 Å². The Morgan fingerprint density at radius 1 is 0.875 bits per heavy atom. The molecule has 0 fully saturated rings. The lowest BCUT2D eigenvalue weighted by Crippen LogP contribution is -2.29. The number of carbonyl (C=O) groups is 2. The molecule has 0 saturated heterocycles. The minimum atomic E-state index is -0.455. The van der Waals surface area contributed by atoms with E-state index in [-0.39, 0.29) is 12.3 Å². The molecular weight excluding hydrogens is 371 g/mol. The zero-order valence-electron chi connectivity index (χ0n) is 12.6. The van der Waals surface area contributed by atoms with Gasteiger partial charge in [0.1, 0.15) is 6.42 Å². The first-order valence-corrected chi connectivity index (χ1v) is 8.33. The summed E-state index contributed by atoms with van der Waals surface area (Å²) in [5, 5.41) is 6.73. The molecule has 0 aromatic heterocycles. The third-order valence-electron chi connectivity index (χ3n) is 3.17. The van der Waals surface area contributed by atoms with E-state index in [4.69, 9.17) is 34.8 Å². The Hall–Kier alpha value is -1.75. The molecule has 0 unspecified atom stereocenters. The smallest absolute Gasteiger partial charge is 0.233 e. The van der Waals surface area contributed by atoms with Crippen LogP contribution in [0.5, 0.6) is 0 Å².